The van der Waals surface area contributed by atoms with E-state index in [4.69, 9.17) is 21.4 Å². The van der Waals surface area contributed by atoms with Gasteiger partial charge in [-0.1, -0.05) is 30.5 Å². The molecule has 0 amide bonds. The maximum atomic E-state index is 12.1. The van der Waals surface area contributed by atoms with Gasteiger partial charge in [0.1, 0.15) is 0 Å². The van der Waals surface area contributed by atoms with Crippen molar-refractivity contribution in [2.75, 3.05) is 13.2 Å². The predicted octanol–water partition coefficient (Wildman–Crippen LogP) is 2.07. The monoisotopic (exact) mass is 333 g/mol. The average Bonchev–Trinajstić information content (AvgIpc) is 2.97. The van der Waals surface area contributed by atoms with Gasteiger partial charge < -0.3 is 9.84 Å². The zero-order valence-electron chi connectivity index (χ0n) is 11.7. The number of benzene rings is 1. The molecular formula is C14H20ClNO4S. The Morgan fingerprint density at radius 3 is 2.67 bits per heavy atom. The lowest BCUT2D eigenvalue weighted by molar-refractivity contribution is 0.0626. The number of halogens is 1. The minimum atomic E-state index is -3.60. The quantitative estimate of drug-likeness (QED) is 0.749. The average molecular weight is 334 g/mol. The van der Waals surface area contributed by atoms with Crippen LogP contribution in [0.4, 0.5) is 0 Å². The van der Waals surface area contributed by atoms with Crippen LogP contribution in [-0.2, 0) is 21.4 Å². The first-order chi connectivity index (χ1) is 10.0. The summed E-state index contributed by atoms with van der Waals surface area (Å²) in [5.41, 5.74) is 0.500. The van der Waals surface area contributed by atoms with Gasteiger partial charge in [-0.3, -0.25) is 0 Å². The summed E-state index contributed by atoms with van der Waals surface area (Å²) < 4.78 is 32.3. The van der Waals surface area contributed by atoms with Crippen LogP contribution in [0.1, 0.15) is 31.2 Å². The molecule has 7 heteroatoms. The Hall–Kier alpha value is -0.660. The highest BCUT2D eigenvalue weighted by molar-refractivity contribution is 7.89. The lowest BCUT2D eigenvalue weighted by atomic mass is 10.2. The topological polar surface area (TPSA) is 75.6 Å². The van der Waals surface area contributed by atoms with Crippen LogP contribution in [0.25, 0.3) is 0 Å². The molecule has 0 saturated heterocycles. The van der Waals surface area contributed by atoms with Crippen molar-refractivity contribution in [1.29, 1.82) is 0 Å². The minimum absolute atomic E-state index is 0.0885. The smallest absolute Gasteiger partial charge is 0.240 e. The number of ether oxygens (including phenoxy) is 1. The zero-order valence-corrected chi connectivity index (χ0v) is 13.3. The van der Waals surface area contributed by atoms with Gasteiger partial charge in [0.15, 0.2) is 0 Å². The summed E-state index contributed by atoms with van der Waals surface area (Å²) in [6.45, 7) is 0.381. The summed E-state index contributed by atoms with van der Waals surface area (Å²) in [6, 6.07) is 4.27. The second-order valence-electron chi connectivity index (χ2n) is 5.09. The molecule has 1 saturated carbocycles. The molecule has 118 valence electrons. The maximum Gasteiger partial charge on any atom is 0.240 e. The Morgan fingerprint density at radius 2 is 2.05 bits per heavy atom. The van der Waals surface area contributed by atoms with Gasteiger partial charge in [-0.05, 0) is 30.5 Å². The van der Waals surface area contributed by atoms with E-state index in [0.717, 1.165) is 12.8 Å². The van der Waals surface area contributed by atoms with E-state index in [2.05, 4.69) is 4.72 Å². The number of nitrogens with one attached hydrogen (secondary N) is 1. The van der Waals surface area contributed by atoms with Crippen LogP contribution < -0.4 is 4.72 Å². The number of hydrogen-bond acceptors (Lipinski definition) is 4. The minimum Gasteiger partial charge on any atom is -0.392 e. The van der Waals surface area contributed by atoms with Crippen molar-refractivity contribution in [2.45, 2.75) is 43.3 Å². The van der Waals surface area contributed by atoms with E-state index in [1.165, 1.54) is 31.0 Å². The first-order valence-electron chi connectivity index (χ1n) is 7.03. The van der Waals surface area contributed by atoms with E-state index in [0.29, 0.717) is 12.2 Å². The second kappa shape index (κ2) is 7.56. The van der Waals surface area contributed by atoms with Crippen molar-refractivity contribution in [3.63, 3.8) is 0 Å². The Balaban J connectivity index is 1.87. The van der Waals surface area contributed by atoms with Crippen LogP contribution in [0.3, 0.4) is 0 Å². The standard InChI is InChI=1S/C14H20ClNO4S/c15-14-9-13(6-5-11(14)10-17)21(18,19)16-7-8-20-12-3-1-2-4-12/h5-6,9,12,16-17H,1-4,7-8,10H2. The first-order valence-corrected chi connectivity index (χ1v) is 8.89. The van der Waals surface area contributed by atoms with E-state index in [9.17, 15) is 8.42 Å². The van der Waals surface area contributed by atoms with Crippen molar-refractivity contribution in [2.24, 2.45) is 0 Å². The van der Waals surface area contributed by atoms with Gasteiger partial charge >= 0.3 is 0 Å². The van der Waals surface area contributed by atoms with Gasteiger partial charge in [-0.2, -0.15) is 0 Å². The highest BCUT2D eigenvalue weighted by atomic mass is 35.5. The molecule has 2 rings (SSSR count). The number of aliphatic hydroxyl groups is 1. The molecule has 5 nitrogen and oxygen atoms in total. The van der Waals surface area contributed by atoms with Crippen LogP contribution in [-0.4, -0.2) is 32.8 Å². The molecular weight excluding hydrogens is 314 g/mol. The Kier molecular flexibility index (Phi) is 6.01. The molecule has 0 atom stereocenters. The molecule has 0 aromatic heterocycles. The Morgan fingerprint density at radius 1 is 1.33 bits per heavy atom. The normalized spacial score (nSPS) is 16.5. The van der Waals surface area contributed by atoms with Gasteiger partial charge in [-0.25, -0.2) is 13.1 Å². The molecule has 1 fully saturated rings. The third-order valence-corrected chi connectivity index (χ3v) is 5.37. The summed E-state index contributed by atoms with van der Waals surface area (Å²) in [6.07, 6.45) is 4.77. The fourth-order valence-electron chi connectivity index (χ4n) is 2.36. The summed E-state index contributed by atoms with van der Waals surface area (Å²) in [5.74, 6) is 0. The van der Waals surface area contributed by atoms with Crippen molar-refractivity contribution in [1.82, 2.24) is 4.72 Å². The summed E-state index contributed by atoms with van der Waals surface area (Å²) in [4.78, 5) is 0.0885. The third kappa shape index (κ3) is 4.66. The van der Waals surface area contributed by atoms with Crippen molar-refractivity contribution < 1.29 is 18.3 Å². The fraction of sp³-hybridized carbons (Fsp3) is 0.571. The molecule has 0 radical (unpaired) electrons. The third-order valence-electron chi connectivity index (χ3n) is 3.56. The van der Waals surface area contributed by atoms with E-state index >= 15 is 0 Å². The van der Waals surface area contributed by atoms with E-state index < -0.39 is 10.0 Å². The van der Waals surface area contributed by atoms with Crippen molar-refractivity contribution in [3.05, 3.63) is 28.8 Å². The first kappa shape index (κ1) is 16.7. The van der Waals surface area contributed by atoms with E-state index in [1.807, 2.05) is 0 Å². The van der Waals surface area contributed by atoms with E-state index in [-0.39, 0.29) is 29.2 Å². The number of hydrogen-bond donors (Lipinski definition) is 2. The van der Waals surface area contributed by atoms with Crippen LogP contribution in [0.5, 0.6) is 0 Å². The Bertz CT molecular complexity index is 570. The number of aliphatic hydroxyl groups excluding tert-OH is 1. The van der Waals surface area contributed by atoms with Gasteiger partial charge in [0.05, 0.1) is 24.2 Å². The van der Waals surface area contributed by atoms with Gasteiger partial charge in [-0.15, -0.1) is 0 Å². The molecule has 21 heavy (non-hydrogen) atoms. The molecule has 0 bridgehead atoms. The predicted molar refractivity (Wildman–Crippen MR) is 80.8 cm³/mol. The zero-order chi connectivity index (χ0) is 15.3. The fourth-order valence-corrected chi connectivity index (χ4v) is 3.71. The van der Waals surface area contributed by atoms with Gasteiger partial charge in [0.2, 0.25) is 10.0 Å². The SMILES string of the molecule is O=S(=O)(NCCOC1CCCC1)c1ccc(CO)c(Cl)c1. The van der Waals surface area contributed by atoms with Gasteiger partial charge in [0.25, 0.3) is 0 Å². The van der Waals surface area contributed by atoms with Gasteiger partial charge in [0, 0.05) is 11.6 Å². The highest BCUT2D eigenvalue weighted by Gasteiger charge is 2.17. The van der Waals surface area contributed by atoms with Crippen molar-refractivity contribution in [3.8, 4) is 0 Å². The lowest BCUT2D eigenvalue weighted by Gasteiger charge is -2.12. The molecule has 0 spiro atoms. The molecule has 1 aliphatic carbocycles. The number of sulfonamides is 1. The molecule has 2 N–H and O–H groups in total. The van der Waals surface area contributed by atoms with Crippen LogP contribution >= 0.6 is 11.6 Å². The molecule has 0 aliphatic heterocycles. The molecule has 1 aromatic rings. The highest BCUT2D eigenvalue weighted by Crippen LogP contribution is 2.21. The summed E-state index contributed by atoms with van der Waals surface area (Å²) in [5, 5.41) is 9.26. The maximum absolute atomic E-state index is 12.1. The van der Waals surface area contributed by atoms with Crippen LogP contribution in [0.2, 0.25) is 5.02 Å². The molecule has 0 unspecified atom stereocenters. The summed E-state index contributed by atoms with van der Waals surface area (Å²) >= 11 is 5.91. The largest absolute Gasteiger partial charge is 0.392 e. The lowest BCUT2D eigenvalue weighted by Crippen LogP contribution is -2.28. The van der Waals surface area contributed by atoms with Crippen molar-refractivity contribution >= 4 is 21.6 Å². The van der Waals surface area contributed by atoms with Crippen LogP contribution in [0, 0.1) is 0 Å². The second-order valence-corrected chi connectivity index (χ2v) is 7.26. The van der Waals surface area contributed by atoms with E-state index in [1.54, 1.807) is 0 Å². The molecule has 1 aromatic carbocycles. The Labute approximate surface area is 130 Å². The molecule has 1 aliphatic rings. The molecule has 0 heterocycles. The van der Waals surface area contributed by atoms with Crippen LogP contribution in [0.15, 0.2) is 23.1 Å². The summed E-state index contributed by atoms with van der Waals surface area (Å²) in [7, 11) is -3.60. The number of rotatable bonds is 7.